The van der Waals surface area contributed by atoms with Gasteiger partial charge in [0.1, 0.15) is 0 Å². The Hall–Kier alpha value is -1.42. The number of carbonyl (C=O) groups is 1. The molecule has 1 aromatic heterocycles. The molecule has 0 unspecified atom stereocenters. The molecule has 0 saturated heterocycles. The lowest BCUT2D eigenvalue weighted by atomic mass is 10.0. The maximum Gasteiger partial charge on any atom is 0.337 e. The van der Waals surface area contributed by atoms with Gasteiger partial charge in [0, 0.05) is 19.3 Å². The molecule has 0 radical (unpaired) electrons. The number of aromatic nitrogens is 1. The van der Waals surface area contributed by atoms with Crippen LogP contribution in [-0.4, -0.2) is 22.6 Å². The summed E-state index contributed by atoms with van der Waals surface area (Å²) >= 11 is 0. The SMILES string of the molecule is CCCC1(CNCc2ccc(C(=O)O)cn2)CC1. The molecule has 0 aromatic carbocycles. The largest absolute Gasteiger partial charge is 0.478 e. The minimum Gasteiger partial charge on any atom is -0.478 e. The summed E-state index contributed by atoms with van der Waals surface area (Å²) in [5.74, 6) is -0.929. The van der Waals surface area contributed by atoms with Crippen LogP contribution in [0.3, 0.4) is 0 Å². The van der Waals surface area contributed by atoms with Gasteiger partial charge in [0.25, 0.3) is 0 Å². The Morgan fingerprint density at radius 3 is 2.78 bits per heavy atom. The van der Waals surface area contributed by atoms with Crippen molar-refractivity contribution in [3.63, 3.8) is 0 Å². The van der Waals surface area contributed by atoms with Gasteiger partial charge in [-0.15, -0.1) is 0 Å². The zero-order valence-electron chi connectivity index (χ0n) is 10.8. The lowest BCUT2D eigenvalue weighted by Gasteiger charge is -2.14. The van der Waals surface area contributed by atoms with Crippen LogP contribution in [0.1, 0.15) is 48.7 Å². The van der Waals surface area contributed by atoms with Crippen molar-refractivity contribution < 1.29 is 9.90 Å². The van der Waals surface area contributed by atoms with Gasteiger partial charge in [0.15, 0.2) is 0 Å². The first-order valence-electron chi connectivity index (χ1n) is 6.54. The van der Waals surface area contributed by atoms with Gasteiger partial charge in [-0.1, -0.05) is 13.3 Å². The summed E-state index contributed by atoms with van der Waals surface area (Å²) in [6.45, 7) is 3.99. The molecule has 2 N–H and O–H groups in total. The molecule has 0 spiro atoms. The topological polar surface area (TPSA) is 62.2 Å². The number of carboxylic acids is 1. The van der Waals surface area contributed by atoms with Crippen LogP contribution in [0.2, 0.25) is 0 Å². The summed E-state index contributed by atoms with van der Waals surface area (Å²) in [6.07, 6.45) is 6.62. The van der Waals surface area contributed by atoms with Crippen LogP contribution >= 0.6 is 0 Å². The number of nitrogens with one attached hydrogen (secondary N) is 1. The summed E-state index contributed by atoms with van der Waals surface area (Å²) in [5, 5.41) is 12.2. The van der Waals surface area contributed by atoms with Gasteiger partial charge in [0.2, 0.25) is 0 Å². The summed E-state index contributed by atoms with van der Waals surface area (Å²) in [7, 11) is 0. The Balaban J connectivity index is 1.78. The van der Waals surface area contributed by atoms with E-state index in [9.17, 15) is 4.79 Å². The van der Waals surface area contributed by atoms with Crippen LogP contribution in [-0.2, 0) is 6.54 Å². The van der Waals surface area contributed by atoms with E-state index in [0.717, 1.165) is 12.2 Å². The fraction of sp³-hybridized carbons (Fsp3) is 0.571. The summed E-state index contributed by atoms with van der Waals surface area (Å²) in [6, 6.07) is 3.38. The van der Waals surface area contributed by atoms with Gasteiger partial charge in [-0.2, -0.15) is 0 Å². The van der Waals surface area contributed by atoms with Crippen LogP contribution in [0.15, 0.2) is 18.3 Å². The minimum absolute atomic E-state index is 0.239. The molecule has 18 heavy (non-hydrogen) atoms. The first-order chi connectivity index (χ1) is 8.65. The molecule has 0 atom stereocenters. The smallest absolute Gasteiger partial charge is 0.337 e. The maximum absolute atomic E-state index is 10.7. The Morgan fingerprint density at radius 1 is 1.50 bits per heavy atom. The second kappa shape index (κ2) is 5.48. The molecule has 1 aliphatic rings. The molecule has 4 nitrogen and oxygen atoms in total. The highest BCUT2D eigenvalue weighted by Crippen LogP contribution is 2.48. The van der Waals surface area contributed by atoms with Gasteiger partial charge in [-0.3, -0.25) is 4.98 Å². The van der Waals surface area contributed by atoms with Crippen LogP contribution in [0.4, 0.5) is 0 Å². The predicted molar refractivity (Wildman–Crippen MR) is 69.5 cm³/mol. The quantitative estimate of drug-likeness (QED) is 0.778. The van der Waals surface area contributed by atoms with Gasteiger partial charge in [0.05, 0.1) is 11.3 Å². The number of rotatable bonds is 7. The van der Waals surface area contributed by atoms with Crippen molar-refractivity contribution in [1.82, 2.24) is 10.3 Å². The number of carboxylic acid groups (broad SMARTS) is 1. The van der Waals surface area contributed by atoms with Crippen LogP contribution in [0, 0.1) is 5.41 Å². The molecule has 0 aliphatic heterocycles. The lowest BCUT2D eigenvalue weighted by molar-refractivity contribution is 0.0696. The van der Waals surface area contributed by atoms with Crippen molar-refractivity contribution in [2.75, 3.05) is 6.54 Å². The van der Waals surface area contributed by atoms with Crippen LogP contribution in [0.5, 0.6) is 0 Å². The van der Waals surface area contributed by atoms with Crippen molar-refractivity contribution in [2.24, 2.45) is 5.41 Å². The molecule has 2 rings (SSSR count). The molecule has 1 saturated carbocycles. The highest BCUT2D eigenvalue weighted by Gasteiger charge is 2.40. The monoisotopic (exact) mass is 248 g/mol. The zero-order valence-corrected chi connectivity index (χ0v) is 10.8. The van der Waals surface area contributed by atoms with E-state index < -0.39 is 5.97 Å². The van der Waals surface area contributed by atoms with Crippen molar-refractivity contribution in [2.45, 2.75) is 39.2 Å². The van der Waals surface area contributed by atoms with Gasteiger partial charge in [-0.05, 0) is 36.8 Å². The second-order valence-corrected chi connectivity index (χ2v) is 5.20. The van der Waals surface area contributed by atoms with Crippen LogP contribution < -0.4 is 5.32 Å². The highest BCUT2D eigenvalue weighted by atomic mass is 16.4. The number of pyridine rings is 1. The Kier molecular flexibility index (Phi) is 3.97. The second-order valence-electron chi connectivity index (χ2n) is 5.20. The molecule has 1 aromatic rings. The zero-order chi connectivity index (χ0) is 13.0. The third-order valence-electron chi connectivity index (χ3n) is 3.62. The number of hydrogen-bond donors (Lipinski definition) is 2. The maximum atomic E-state index is 10.7. The molecule has 0 bridgehead atoms. The third kappa shape index (κ3) is 3.29. The van der Waals surface area contributed by atoms with Crippen LogP contribution in [0.25, 0.3) is 0 Å². The number of aromatic carboxylic acids is 1. The Morgan fingerprint density at radius 2 is 2.28 bits per heavy atom. The fourth-order valence-electron chi connectivity index (χ4n) is 2.33. The van der Waals surface area contributed by atoms with E-state index in [4.69, 9.17) is 5.11 Å². The molecular weight excluding hydrogens is 228 g/mol. The average molecular weight is 248 g/mol. The van der Waals surface area contributed by atoms with E-state index in [1.165, 1.54) is 31.9 Å². The van der Waals surface area contributed by atoms with E-state index in [-0.39, 0.29) is 5.56 Å². The lowest BCUT2D eigenvalue weighted by Crippen LogP contribution is -2.24. The molecule has 0 amide bonds. The van der Waals surface area contributed by atoms with E-state index in [1.807, 2.05) is 0 Å². The molecule has 1 aliphatic carbocycles. The standard InChI is InChI=1S/C14H20N2O2/c1-2-5-14(6-7-14)10-15-9-12-4-3-11(8-16-12)13(17)18/h3-4,8,15H,2,5-7,9-10H2,1H3,(H,17,18). The summed E-state index contributed by atoms with van der Waals surface area (Å²) in [4.78, 5) is 14.8. The van der Waals surface area contributed by atoms with Gasteiger partial charge in [-0.25, -0.2) is 4.79 Å². The summed E-state index contributed by atoms with van der Waals surface area (Å²) in [5.41, 5.74) is 1.67. The van der Waals surface area contributed by atoms with Crippen molar-refractivity contribution >= 4 is 5.97 Å². The first-order valence-corrected chi connectivity index (χ1v) is 6.54. The predicted octanol–water partition coefficient (Wildman–Crippen LogP) is 2.45. The van der Waals surface area contributed by atoms with E-state index in [1.54, 1.807) is 12.1 Å². The van der Waals surface area contributed by atoms with Crippen molar-refractivity contribution in [3.8, 4) is 0 Å². The first kappa shape index (κ1) is 13.0. The molecule has 1 heterocycles. The van der Waals surface area contributed by atoms with Gasteiger partial charge >= 0.3 is 5.97 Å². The van der Waals surface area contributed by atoms with Gasteiger partial charge < -0.3 is 10.4 Å². The summed E-state index contributed by atoms with van der Waals surface area (Å²) < 4.78 is 0. The Bertz CT molecular complexity index is 410. The minimum atomic E-state index is -0.929. The van der Waals surface area contributed by atoms with E-state index in [2.05, 4.69) is 17.2 Å². The number of nitrogens with zero attached hydrogens (tertiary/aromatic N) is 1. The highest BCUT2D eigenvalue weighted by molar-refractivity contribution is 5.87. The third-order valence-corrected chi connectivity index (χ3v) is 3.62. The number of hydrogen-bond acceptors (Lipinski definition) is 3. The Labute approximate surface area is 107 Å². The molecule has 1 fully saturated rings. The molecular formula is C14H20N2O2. The van der Waals surface area contributed by atoms with E-state index >= 15 is 0 Å². The van der Waals surface area contributed by atoms with E-state index in [0.29, 0.717) is 12.0 Å². The normalized spacial score (nSPS) is 16.5. The molecule has 4 heteroatoms. The fourth-order valence-corrected chi connectivity index (χ4v) is 2.33. The van der Waals surface area contributed by atoms with Crippen molar-refractivity contribution in [3.05, 3.63) is 29.6 Å². The molecule has 98 valence electrons. The van der Waals surface area contributed by atoms with Crippen molar-refractivity contribution in [1.29, 1.82) is 0 Å². The average Bonchev–Trinajstić information content (AvgIpc) is 3.10.